The molecule has 0 N–H and O–H groups in total. The smallest absolute Gasteiger partial charge is 0.0601 e. The summed E-state index contributed by atoms with van der Waals surface area (Å²) in [5, 5.41) is 0. The third-order valence-electron chi connectivity index (χ3n) is 1.63. The molecular weight excluding hydrogens is 276 g/mol. The maximum absolute atomic E-state index is 5.44. The Morgan fingerprint density at radius 3 is 1.05 bits per heavy atom. The fraction of sp³-hybridized carbons (Fsp3) is 1.00. The first-order chi connectivity index (χ1) is 9.31. The van der Waals surface area contributed by atoms with Gasteiger partial charge in [-0.25, -0.2) is 0 Å². The van der Waals surface area contributed by atoms with Gasteiger partial charge in [0.1, 0.15) is 0 Å². The highest BCUT2D eigenvalue weighted by Crippen LogP contribution is 2.09. The molecule has 0 spiro atoms. The lowest BCUT2D eigenvalue weighted by molar-refractivity contribution is -0.0424. The van der Waals surface area contributed by atoms with E-state index < -0.39 is 0 Å². The molecule has 22 heavy (non-hydrogen) atoms. The van der Waals surface area contributed by atoms with Gasteiger partial charge in [-0.2, -0.15) is 0 Å². The van der Waals surface area contributed by atoms with Gasteiger partial charge in [0.2, 0.25) is 0 Å². The van der Waals surface area contributed by atoms with Gasteiger partial charge in [0.15, 0.2) is 0 Å². The highest BCUT2D eigenvalue weighted by molar-refractivity contribution is 4.59. The van der Waals surface area contributed by atoms with Crippen molar-refractivity contribution in [1.29, 1.82) is 0 Å². The molecular formula is C19H46O3. The monoisotopic (exact) mass is 322 g/mol. The molecule has 140 valence electrons. The average Bonchev–Trinajstić information content (AvgIpc) is 2.11. The van der Waals surface area contributed by atoms with Crippen molar-refractivity contribution in [2.24, 2.45) is 0 Å². The van der Waals surface area contributed by atoms with Crippen molar-refractivity contribution >= 4 is 0 Å². The van der Waals surface area contributed by atoms with Crippen LogP contribution in [0.25, 0.3) is 0 Å². The molecule has 3 heteroatoms. The lowest BCUT2D eigenvalue weighted by Crippen LogP contribution is -2.23. The van der Waals surface area contributed by atoms with Crippen molar-refractivity contribution in [3.8, 4) is 0 Å². The molecule has 0 fully saturated rings. The van der Waals surface area contributed by atoms with E-state index in [0.717, 1.165) is 6.61 Å². The van der Waals surface area contributed by atoms with E-state index in [9.17, 15) is 0 Å². The van der Waals surface area contributed by atoms with Crippen molar-refractivity contribution in [3.63, 3.8) is 0 Å². The summed E-state index contributed by atoms with van der Waals surface area (Å²) in [7, 11) is 0. The molecule has 0 radical (unpaired) electrons. The average molecular weight is 323 g/mol. The summed E-state index contributed by atoms with van der Waals surface area (Å²) in [6, 6.07) is 0. The molecule has 0 saturated carbocycles. The Morgan fingerprint density at radius 2 is 1.05 bits per heavy atom. The van der Waals surface area contributed by atoms with E-state index >= 15 is 0 Å². The highest BCUT2D eigenvalue weighted by Gasteiger charge is 2.10. The summed E-state index contributed by atoms with van der Waals surface area (Å²) in [4.78, 5) is 0. The van der Waals surface area contributed by atoms with Crippen LogP contribution in [0.4, 0.5) is 0 Å². The van der Waals surface area contributed by atoms with Crippen LogP contribution in [0.3, 0.4) is 0 Å². The molecule has 0 saturated heterocycles. The molecule has 0 atom stereocenters. The Morgan fingerprint density at radius 1 is 0.682 bits per heavy atom. The van der Waals surface area contributed by atoms with Gasteiger partial charge in [0.05, 0.1) is 30.0 Å². The van der Waals surface area contributed by atoms with Crippen LogP contribution in [0.5, 0.6) is 0 Å². The summed E-state index contributed by atoms with van der Waals surface area (Å²) < 4.78 is 15.7. The SMILES string of the molecule is C.CC(C)OC(C)(C)C.CC(C)OC(C)C.CCOC(C)C. The van der Waals surface area contributed by atoms with Gasteiger partial charge in [-0.05, 0) is 83.1 Å². The van der Waals surface area contributed by atoms with Crippen LogP contribution in [0.2, 0.25) is 0 Å². The van der Waals surface area contributed by atoms with E-state index in [1.165, 1.54) is 0 Å². The predicted octanol–water partition coefficient (Wildman–Crippen LogP) is 6.10. The van der Waals surface area contributed by atoms with Crippen molar-refractivity contribution in [3.05, 3.63) is 0 Å². The number of ether oxygens (including phenoxy) is 3. The minimum absolute atomic E-state index is 0. The largest absolute Gasteiger partial charge is 0.379 e. The van der Waals surface area contributed by atoms with E-state index in [2.05, 4.69) is 20.8 Å². The summed E-state index contributed by atoms with van der Waals surface area (Å²) in [6.07, 6.45) is 1.49. The third-order valence-corrected chi connectivity index (χ3v) is 1.63. The van der Waals surface area contributed by atoms with Gasteiger partial charge in [-0.3, -0.25) is 0 Å². The van der Waals surface area contributed by atoms with Crippen LogP contribution in [-0.2, 0) is 14.2 Å². The molecule has 0 aliphatic carbocycles. The summed E-state index contributed by atoms with van der Waals surface area (Å²) in [5.74, 6) is 0. The van der Waals surface area contributed by atoms with Gasteiger partial charge >= 0.3 is 0 Å². The molecule has 0 aromatic carbocycles. The normalized spacial score (nSPS) is 10.9. The topological polar surface area (TPSA) is 27.7 Å². The van der Waals surface area contributed by atoms with Gasteiger partial charge in [0, 0.05) is 6.61 Å². The quantitative estimate of drug-likeness (QED) is 0.612. The Bertz CT molecular complexity index is 185. The minimum Gasteiger partial charge on any atom is -0.379 e. The van der Waals surface area contributed by atoms with Gasteiger partial charge in [0.25, 0.3) is 0 Å². The Balaban J connectivity index is -0.000000109. The molecule has 0 amide bonds. The lowest BCUT2D eigenvalue weighted by Gasteiger charge is -2.22. The van der Waals surface area contributed by atoms with Crippen molar-refractivity contribution in [2.75, 3.05) is 6.61 Å². The zero-order valence-corrected chi connectivity index (χ0v) is 16.7. The maximum Gasteiger partial charge on any atom is 0.0601 e. The molecule has 0 heterocycles. The third kappa shape index (κ3) is 50.2. The maximum atomic E-state index is 5.44. The second kappa shape index (κ2) is 17.2. The van der Waals surface area contributed by atoms with E-state index in [4.69, 9.17) is 14.2 Å². The first-order valence-corrected chi connectivity index (χ1v) is 8.26. The minimum atomic E-state index is 0. The Hall–Kier alpha value is -0.120. The standard InChI is InChI=1S/C7H16O.C6H14O.C5H12O.CH4/c1-6(2)8-7(3,4)5;1-5(2)7-6(3)4;1-4-6-5(2)3;/h6H,1-5H3;5-6H,1-4H3;5H,4H2,1-3H3;1H4. The van der Waals surface area contributed by atoms with Gasteiger partial charge in [-0.1, -0.05) is 7.43 Å². The fourth-order valence-electron chi connectivity index (χ4n) is 1.58. The molecule has 0 unspecified atom stereocenters. The zero-order chi connectivity index (χ0) is 17.6. The van der Waals surface area contributed by atoms with Crippen molar-refractivity contribution in [1.82, 2.24) is 0 Å². The van der Waals surface area contributed by atoms with Crippen LogP contribution in [0.15, 0.2) is 0 Å². The number of hydrogen-bond donors (Lipinski definition) is 0. The van der Waals surface area contributed by atoms with Crippen LogP contribution in [-0.4, -0.2) is 36.6 Å². The van der Waals surface area contributed by atoms with Gasteiger partial charge in [-0.15, -0.1) is 0 Å². The summed E-state index contributed by atoms with van der Waals surface area (Å²) in [6.45, 7) is 25.3. The molecule has 0 rings (SSSR count). The molecule has 0 bridgehead atoms. The van der Waals surface area contributed by atoms with Crippen LogP contribution in [0.1, 0.15) is 90.5 Å². The first kappa shape index (κ1) is 29.8. The van der Waals surface area contributed by atoms with Crippen molar-refractivity contribution in [2.45, 2.75) is 121 Å². The van der Waals surface area contributed by atoms with Crippen LogP contribution < -0.4 is 0 Å². The Kier molecular flexibility index (Phi) is 23.4. The molecule has 0 aliphatic heterocycles. The predicted molar refractivity (Wildman–Crippen MR) is 101 cm³/mol. The summed E-state index contributed by atoms with van der Waals surface area (Å²) in [5.41, 5.74) is 0.0220. The van der Waals surface area contributed by atoms with Crippen LogP contribution >= 0.6 is 0 Å². The fourth-order valence-corrected chi connectivity index (χ4v) is 1.58. The van der Waals surface area contributed by atoms with Crippen LogP contribution in [0, 0.1) is 0 Å². The van der Waals surface area contributed by atoms with E-state index in [1.807, 2.05) is 62.3 Å². The van der Waals surface area contributed by atoms with E-state index in [0.29, 0.717) is 24.4 Å². The highest BCUT2D eigenvalue weighted by atomic mass is 16.5. The van der Waals surface area contributed by atoms with E-state index in [-0.39, 0.29) is 13.0 Å². The Labute approximate surface area is 142 Å². The van der Waals surface area contributed by atoms with E-state index in [1.54, 1.807) is 0 Å². The van der Waals surface area contributed by atoms with Gasteiger partial charge < -0.3 is 14.2 Å². The summed E-state index contributed by atoms with van der Waals surface area (Å²) >= 11 is 0. The molecule has 0 aliphatic rings. The second-order valence-electron chi connectivity index (χ2n) is 7.02. The van der Waals surface area contributed by atoms with Crippen molar-refractivity contribution < 1.29 is 14.2 Å². The second-order valence-corrected chi connectivity index (χ2v) is 7.02. The molecule has 0 aromatic heterocycles. The first-order valence-electron chi connectivity index (χ1n) is 8.26. The zero-order valence-electron chi connectivity index (χ0n) is 16.7. The lowest BCUT2D eigenvalue weighted by atomic mass is 10.2. The molecule has 3 nitrogen and oxygen atoms in total. The number of hydrogen-bond acceptors (Lipinski definition) is 3. The number of rotatable bonds is 5. The molecule has 0 aromatic rings.